The lowest BCUT2D eigenvalue weighted by Gasteiger charge is -2.27. The lowest BCUT2D eigenvalue weighted by molar-refractivity contribution is 0.0120. The van der Waals surface area contributed by atoms with E-state index in [1.165, 1.54) is 11.1 Å². The molecular weight excluding hydrogens is 414 g/mol. The van der Waals surface area contributed by atoms with Crippen LogP contribution in [0.3, 0.4) is 0 Å². The molecule has 2 aliphatic heterocycles. The van der Waals surface area contributed by atoms with Crippen LogP contribution < -0.4 is 10.6 Å². The van der Waals surface area contributed by atoms with E-state index in [1.807, 2.05) is 32.0 Å². The van der Waals surface area contributed by atoms with Crippen LogP contribution in [0.15, 0.2) is 30.6 Å². The average Bonchev–Trinajstić information content (AvgIpc) is 3.43. The van der Waals surface area contributed by atoms with E-state index in [0.717, 1.165) is 23.0 Å². The van der Waals surface area contributed by atoms with Crippen molar-refractivity contribution in [2.24, 2.45) is 5.73 Å². The van der Waals surface area contributed by atoms with Crippen LogP contribution in [-0.2, 0) is 0 Å². The summed E-state index contributed by atoms with van der Waals surface area (Å²) in [6.45, 7) is 4.60. The van der Waals surface area contributed by atoms with Gasteiger partial charge in [-0.1, -0.05) is 12.1 Å². The van der Waals surface area contributed by atoms with Crippen molar-refractivity contribution >= 4 is 22.6 Å². The summed E-state index contributed by atoms with van der Waals surface area (Å²) in [6, 6.07) is 5.88. The number of hydrogen-bond donors (Lipinski definition) is 2. The normalized spacial score (nSPS) is 22.8. The van der Waals surface area contributed by atoms with E-state index in [0.29, 0.717) is 35.7 Å². The van der Waals surface area contributed by atoms with E-state index in [4.69, 9.17) is 10.7 Å². The number of amides is 1. The molecule has 1 atom stereocenters. The first-order valence-electron chi connectivity index (χ1n) is 10.8. The van der Waals surface area contributed by atoms with Crippen LogP contribution in [0.1, 0.15) is 35.7 Å². The topological polar surface area (TPSA) is 91.1 Å². The van der Waals surface area contributed by atoms with E-state index in [1.54, 1.807) is 6.20 Å². The summed E-state index contributed by atoms with van der Waals surface area (Å²) in [6.07, 6.45) is 3.57. The van der Waals surface area contributed by atoms with Crippen LogP contribution in [0.25, 0.3) is 22.4 Å². The first-order valence-corrected chi connectivity index (χ1v) is 10.8. The van der Waals surface area contributed by atoms with Crippen molar-refractivity contribution in [3.05, 3.63) is 41.7 Å². The number of rotatable bonds is 3. The minimum absolute atomic E-state index is 0.0218. The number of alkyl halides is 2. The summed E-state index contributed by atoms with van der Waals surface area (Å²) in [4.78, 5) is 29.0. The quantitative estimate of drug-likeness (QED) is 0.652. The number of carbonyl (C=O) groups is 1. The first-order chi connectivity index (χ1) is 15.1. The largest absolute Gasteiger partial charge is 0.368 e. The van der Waals surface area contributed by atoms with Crippen molar-refractivity contribution in [2.75, 3.05) is 31.1 Å². The number of imidazole rings is 1. The molecule has 2 aromatic heterocycles. The molecule has 2 saturated heterocycles. The number of nitrogens with two attached hydrogens (primary N) is 1. The first kappa shape index (κ1) is 20.8. The van der Waals surface area contributed by atoms with Gasteiger partial charge >= 0.3 is 0 Å². The van der Waals surface area contributed by atoms with Crippen LogP contribution in [0.5, 0.6) is 0 Å². The van der Waals surface area contributed by atoms with E-state index < -0.39 is 23.9 Å². The number of nitrogens with one attached hydrogen (secondary N) is 1. The third-order valence-corrected chi connectivity index (χ3v) is 6.40. The maximum absolute atomic E-state index is 13.8. The van der Waals surface area contributed by atoms with Crippen molar-refractivity contribution in [1.82, 2.24) is 19.9 Å². The van der Waals surface area contributed by atoms with Crippen LogP contribution in [0.2, 0.25) is 0 Å². The van der Waals surface area contributed by atoms with Crippen LogP contribution in [-0.4, -0.2) is 63.4 Å². The number of benzene rings is 1. The van der Waals surface area contributed by atoms with Gasteiger partial charge < -0.3 is 20.5 Å². The number of H-pyrrole nitrogens is 1. The van der Waals surface area contributed by atoms with Gasteiger partial charge in [-0.2, -0.15) is 0 Å². The van der Waals surface area contributed by atoms with Crippen molar-refractivity contribution in [1.29, 1.82) is 0 Å². The summed E-state index contributed by atoms with van der Waals surface area (Å²) in [5, 5.41) is 0. The molecule has 0 saturated carbocycles. The Bertz CT molecular complexity index is 1200. The smallest absolute Gasteiger partial charge is 0.267 e. The minimum Gasteiger partial charge on any atom is -0.368 e. The van der Waals surface area contributed by atoms with Gasteiger partial charge in [-0.15, -0.1) is 0 Å². The second-order valence-corrected chi connectivity index (χ2v) is 9.30. The zero-order chi connectivity index (χ0) is 22.7. The van der Waals surface area contributed by atoms with Gasteiger partial charge in [-0.25, -0.2) is 13.8 Å². The summed E-state index contributed by atoms with van der Waals surface area (Å²) < 4.78 is 27.6. The van der Waals surface area contributed by atoms with Gasteiger partial charge in [0.2, 0.25) is 0 Å². The van der Waals surface area contributed by atoms with Crippen molar-refractivity contribution in [3.8, 4) is 11.4 Å². The maximum atomic E-state index is 13.8. The molecule has 2 aliphatic rings. The summed E-state index contributed by atoms with van der Waals surface area (Å²) in [7, 11) is 0. The van der Waals surface area contributed by atoms with Gasteiger partial charge in [0.15, 0.2) is 0 Å². The standard InChI is InChI=1S/C23H26F2N6O/c1-14-4-3-5-17-18(14)29-20(28-17)15-10-27-11-16(19(15)30-8-6-22(2,26)12-30)21(32)31-9-7-23(24,25)13-31/h3-5,10-11H,6-9,12-13,26H2,1-2H3,(H,28,29)/t22-/m0/s1. The fourth-order valence-electron chi connectivity index (χ4n) is 4.68. The summed E-state index contributed by atoms with van der Waals surface area (Å²) in [5.74, 6) is -2.71. The Kier molecular flexibility index (Phi) is 4.70. The fourth-order valence-corrected chi connectivity index (χ4v) is 4.68. The Morgan fingerprint density at radius 1 is 1.19 bits per heavy atom. The number of nitrogens with zero attached hydrogens (tertiary/aromatic N) is 4. The third-order valence-electron chi connectivity index (χ3n) is 6.40. The molecule has 1 amide bonds. The molecule has 2 fully saturated rings. The highest BCUT2D eigenvalue weighted by Gasteiger charge is 2.42. The Morgan fingerprint density at radius 2 is 2.00 bits per heavy atom. The average molecular weight is 440 g/mol. The molecule has 3 N–H and O–H groups in total. The van der Waals surface area contributed by atoms with Crippen LogP contribution in [0, 0.1) is 6.92 Å². The highest BCUT2D eigenvalue weighted by molar-refractivity contribution is 6.03. The predicted molar refractivity (Wildman–Crippen MR) is 119 cm³/mol. The molecular formula is C23H26F2N6O. The molecule has 7 nitrogen and oxygen atoms in total. The van der Waals surface area contributed by atoms with Gasteiger partial charge in [-0.3, -0.25) is 9.78 Å². The Morgan fingerprint density at radius 3 is 2.66 bits per heavy atom. The number of anilines is 1. The third kappa shape index (κ3) is 3.60. The van der Waals surface area contributed by atoms with Gasteiger partial charge in [0.1, 0.15) is 5.82 Å². The number of carbonyl (C=O) groups excluding carboxylic acids is 1. The number of aryl methyl sites for hydroxylation is 1. The zero-order valence-electron chi connectivity index (χ0n) is 18.2. The lowest BCUT2D eigenvalue weighted by Crippen LogP contribution is -2.40. The fraction of sp³-hybridized carbons (Fsp3) is 0.435. The number of pyridine rings is 1. The number of hydrogen-bond acceptors (Lipinski definition) is 5. The summed E-state index contributed by atoms with van der Waals surface area (Å²) >= 11 is 0. The lowest BCUT2D eigenvalue weighted by atomic mass is 10.0. The molecule has 4 heterocycles. The highest BCUT2D eigenvalue weighted by Crippen LogP contribution is 2.38. The highest BCUT2D eigenvalue weighted by atomic mass is 19.3. The second-order valence-electron chi connectivity index (χ2n) is 9.30. The molecule has 0 bridgehead atoms. The number of likely N-dealkylation sites (tertiary alicyclic amines) is 1. The molecule has 0 radical (unpaired) electrons. The van der Waals surface area contributed by atoms with Gasteiger partial charge in [-0.05, 0) is 31.9 Å². The SMILES string of the molecule is Cc1cccc2[nH]c(-c3cncc(C(=O)N4CCC(F)(F)C4)c3N3CC[C@](C)(N)C3)nc12. The van der Waals surface area contributed by atoms with Crippen molar-refractivity contribution < 1.29 is 13.6 Å². The molecule has 0 unspecified atom stereocenters. The number of halogens is 2. The Hall–Kier alpha value is -3.07. The molecule has 1 aromatic carbocycles. The van der Waals surface area contributed by atoms with E-state index in [2.05, 4.69) is 14.9 Å². The van der Waals surface area contributed by atoms with Crippen LogP contribution in [0.4, 0.5) is 14.5 Å². The predicted octanol–water partition coefficient (Wildman–Crippen LogP) is 3.34. The van der Waals surface area contributed by atoms with E-state index >= 15 is 0 Å². The summed E-state index contributed by atoms with van der Waals surface area (Å²) in [5.41, 5.74) is 10.3. The molecule has 5 rings (SSSR count). The molecule has 9 heteroatoms. The number of para-hydroxylation sites is 1. The van der Waals surface area contributed by atoms with Gasteiger partial charge in [0.25, 0.3) is 11.8 Å². The van der Waals surface area contributed by atoms with Crippen LogP contribution >= 0.6 is 0 Å². The zero-order valence-corrected chi connectivity index (χ0v) is 18.2. The number of fused-ring (bicyclic) bond motifs is 1. The number of aromatic nitrogens is 3. The Labute approximate surface area is 184 Å². The number of aromatic amines is 1. The monoisotopic (exact) mass is 440 g/mol. The molecule has 0 spiro atoms. The second kappa shape index (κ2) is 7.23. The van der Waals surface area contributed by atoms with E-state index in [9.17, 15) is 13.6 Å². The van der Waals surface area contributed by atoms with Crippen molar-refractivity contribution in [3.63, 3.8) is 0 Å². The maximum Gasteiger partial charge on any atom is 0.267 e. The van der Waals surface area contributed by atoms with Gasteiger partial charge in [0.05, 0.1) is 34.4 Å². The molecule has 3 aromatic rings. The van der Waals surface area contributed by atoms with E-state index in [-0.39, 0.29) is 13.0 Å². The molecule has 32 heavy (non-hydrogen) atoms. The molecule has 0 aliphatic carbocycles. The minimum atomic E-state index is -2.86. The Balaban J connectivity index is 1.64. The van der Waals surface area contributed by atoms with Crippen molar-refractivity contribution in [2.45, 2.75) is 38.2 Å². The van der Waals surface area contributed by atoms with Gasteiger partial charge in [0, 0.05) is 44.0 Å². The molecule has 168 valence electrons.